The number of rotatable bonds is 8. The van der Waals surface area contributed by atoms with E-state index in [0.29, 0.717) is 18.1 Å². The summed E-state index contributed by atoms with van der Waals surface area (Å²) in [7, 11) is 0. The highest BCUT2D eigenvalue weighted by atomic mass is 35.5. The highest BCUT2D eigenvalue weighted by Gasteiger charge is 2.28. The summed E-state index contributed by atoms with van der Waals surface area (Å²) in [5, 5.41) is 3.75. The first-order valence-electron chi connectivity index (χ1n) is 8.69. The average molecular weight is 361 g/mol. The van der Waals surface area contributed by atoms with E-state index in [9.17, 15) is 9.59 Å². The standard InChI is InChI=1S/C20H25ClN2O2/c1-3-20(4-2,16-8-10-17(21)11-9-16)15-22-18(24)12-14-23-13-6-5-7-19(23)25/h5-11,13H,3-4,12,14-15H2,1-2H3,(H,22,24). The van der Waals surface area contributed by atoms with Crippen molar-refractivity contribution in [2.24, 2.45) is 0 Å². The van der Waals surface area contributed by atoms with Gasteiger partial charge >= 0.3 is 0 Å². The average Bonchev–Trinajstić information content (AvgIpc) is 2.63. The van der Waals surface area contributed by atoms with Gasteiger partial charge in [-0.1, -0.05) is 43.6 Å². The Bertz CT molecular complexity index is 749. The summed E-state index contributed by atoms with van der Waals surface area (Å²) >= 11 is 5.99. The van der Waals surface area contributed by atoms with Crippen molar-refractivity contribution in [2.45, 2.75) is 45.1 Å². The summed E-state index contributed by atoms with van der Waals surface area (Å²) < 4.78 is 1.55. The zero-order valence-electron chi connectivity index (χ0n) is 14.8. The van der Waals surface area contributed by atoms with E-state index in [0.717, 1.165) is 12.8 Å². The van der Waals surface area contributed by atoms with Crippen LogP contribution in [0.1, 0.15) is 38.7 Å². The van der Waals surface area contributed by atoms with E-state index in [-0.39, 0.29) is 23.3 Å². The fraction of sp³-hybridized carbons (Fsp3) is 0.400. The second kappa shape index (κ2) is 8.86. The summed E-state index contributed by atoms with van der Waals surface area (Å²) in [5.74, 6) is -0.0454. The fourth-order valence-electron chi connectivity index (χ4n) is 3.04. The molecule has 0 bridgehead atoms. The first kappa shape index (κ1) is 19.3. The zero-order valence-corrected chi connectivity index (χ0v) is 15.6. The summed E-state index contributed by atoms with van der Waals surface area (Å²) in [5.41, 5.74) is 0.985. The van der Waals surface area contributed by atoms with Crippen LogP contribution in [-0.2, 0) is 16.8 Å². The van der Waals surface area contributed by atoms with Gasteiger partial charge in [0.15, 0.2) is 0 Å². The molecule has 0 saturated carbocycles. The van der Waals surface area contributed by atoms with E-state index in [4.69, 9.17) is 11.6 Å². The van der Waals surface area contributed by atoms with Gasteiger partial charge in [0.25, 0.3) is 5.56 Å². The van der Waals surface area contributed by atoms with Gasteiger partial charge in [-0.15, -0.1) is 0 Å². The van der Waals surface area contributed by atoms with Crippen molar-refractivity contribution in [1.82, 2.24) is 9.88 Å². The highest BCUT2D eigenvalue weighted by molar-refractivity contribution is 6.30. The van der Waals surface area contributed by atoms with Gasteiger partial charge in [0.05, 0.1) is 0 Å². The molecule has 4 nitrogen and oxygen atoms in total. The molecule has 1 aromatic carbocycles. The molecule has 0 fully saturated rings. The van der Waals surface area contributed by atoms with E-state index in [2.05, 4.69) is 19.2 Å². The molecule has 0 unspecified atom stereocenters. The maximum atomic E-state index is 12.2. The number of amides is 1. The second-order valence-corrected chi connectivity index (χ2v) is 6.69. The minimum atomic E-state index is -0.107. The lowest BCUT2D eigenvalue weighted by atomic mass is 9.76. The van der Waals surface area contributed by atoms with Crippen LogP contribution >= 0.6 is 11.6 Å². The molecule has 1 heterocycles. The predicted octanol–water partition coefficient (Wildman–Crippen LogP) is 3.77. The lowest BCUT2D eigenvalue weighted by Crippen LogP contribution is -2.40. The van der Waals surface area contributed by atoms with Crippen LogP contribution in [-0.4, -0.2) is 17.0 Å². The van der Waals surface area contributed by atoms with Crippen molar-refractivity contribution in [3.63, 3.8) is 0 Å². The molecule has 1 aromatic heterocycles. The third-order valence-electron chi connectivity index (χ3n) is 4.91. The minimum absolute atomic E-state index is 0.0454. The first-order valence-corrected chi connectivity index (χ1v) is 9.07. The molecule has 0 radical (unpaired) electrons. The van der Waals surface area contributed by atoms with Crippen LogP contribution in [0, 0.1) is 0 Å². The Balaban J connectivity index is 1.98. The summed E-state index contributed by atoms with van der Waals surface area (Å²) in [6.45, 7) is 5.23. The number of nitrogens with zero attached hydrogens (tertiary/aromatic N) is 1. The van der Waals surface area contributed by atoms with Crippen molar-refractivity contribution in [2.75, 3.05) is 6.54 Å². The van der Waals surface area contributed by atoms with E-state index < -0.39 is 0 Å². The SMILES string of the molecule is CCC(CC)(CNC(=O)CCn1ccccc1=O)c1ccc(Cl)cc1. The molecule has 134 valence electrons. The van der Waals surface area contributed by atoms with Crippen molar-refractivity contribution in [3.05, 3.63) is 69.6 Å². The summed E-state index contributed by atoms with van der Waals surface area (Å²) in [6.07, 6.45) is 3.83. The molecule has 0 saturated heterocycles. The van der Waals surface area contributed by atoms with E-state index in [1.54, 1.807) is 22.9 Å². The number of hydrogen-bond donors (Lipinski definition) is 1. The van der Waals surface area contributed by atoms with E-state index in [1.165, 1.54) is 11.6 Å². The van der Waals surface area contributed by atoms with Gasteiger partial charge in [0, 0.05) is 42.2 Å². The Hall–Kier alpha value is -2.07. The maximum Gasteiger partial charge on any atom is 0.250 e. The van der Waals surface area contributed by atoms with Crippen LogP contribution in [0.3, 0.4) is 0 Å². The quantitative estimate of drug-likeness (QED) is 0.779. The Morgan fingerprint density at radius 3 is 2.40 bits per heavy atom. The number of hydrogen-bond acceptors (Lipinski definition) is 2. The summed E-state index contributed by atoms with van der Waals surface area (Å²) in [6, 6.07) is 12.8. The van der Waals surface area contributed by atoms with Crippen molar-refractivity contribution >= 4 is 17.5 Å². The van der Waals surface area contributed by atoms with Gasteiger partial charge in [-0.05, 0) is 36.6 Å². The molecule has 1 amide bonds. The van der Waals surface area contributed by atoms with Crippen LogP contribution in [0.15, 0.2) is 53.5 Å². The molecule has 0 atom stereocenters. The zero-order chi connectivity index (χ0) is 18.3. The Labute approximate surface area is 153 Å². The third-order valence-corrected chi connectivity index (χ3v) is 5.16. The Morgan fingerprint density at radius 2 is 1.80 bits per heavy atom. The van der Waals surface area contributed by atoms with E-state index in [1.807, 2.05) is 24.3 Å². The highest BCUT2D eigenvalue weighted by Crippen LogP contribution is 2.31. The van der Waals surface area contributed by atoms with Gasteiger partial charge in [-0.3, -0.25) is 9.59 Å². The Kier molecular flexibility index (Phi) is 6.82. The van der Waals surface area contributed by atoms with Crippen LogP contribution in [0.2, 0.25) is 5.02 Å². The molecule has 2 rings (SSSR count). The smallest absolute Gasteiger partial charge is 0.250 e. The predicted molar refractivity (Wildman–Crippen MR) is 102 cm³/mol. The van der Waals surface area contributed by atoms with Crippen LogP contribution < -0.4 is 10.9 Å². The minimum Gasteiger partial charge on any atom is -0.355 e. The molecule has 5 heteroatoms. The van der Waals surface area contributed by atoms with Crippen LogP contribution in [0.25, 0.3) is 0 Å². The number of aromatic nitrogens is 1. The fourth-order valence-corrected chi connectivity index (χ4v) is 3.16. The largest absolute Gasteiger partial charge is 0.355 e. The molecule has 0 aliphatic heterocycles. The first-order chi connectivity index (χ1) is 12.0. The molecule has 1 N–H and O–H groups in total. The maximum absolute atomic E-state index is 12.2. The van der Waals surface area contributed by atoms with Gasteiger partial charge in [0.2, 0.25) is 5.91 Å². The van der Waals surface area contributed by atoms with Gasteiger partial charge in [-0.2, -0.15) is 0 Å². The topological polar surface area (TPSA) is 51.1 Å². The van der Waals surface area contributed by atoms with E-state index >= 15 is 0 Å². The monoisotopic (exact) mass is 360 g/mol. The van der Waals surface area contributed by atoms with Gasteiger partial charge in [-0.25, -0.2) is 0 Å². The lowest BCUT2D eigenvalue weighted by molar-refractivity contribution is -0.121. The van der Waals surface area contributed by atoms with Crippen LogP contribution in [0.4, 0.5) is 0 Å². The molecule has 25 heavy (non-hydrogen) atoms. The number of nitrogens with one attached hydrogen (secondary N) is 1. The van der Waals surface area contributed by atoms with Gasteiger partial charge < -0.3 is 9.88 Å². The normalized spacial score (nSPS) is 11.3. The van der Waals surface area contributed by atoms with Gasteiger partial charge in [0.1, 0.15) is 0 Å². The van der Waals surface area contributed by atoms with Crippen molar-refractivity contribution < 1.29 is 4.79 Å². The number of carbonyl (C=O) groups is 1. The Morgan fingerprint density at radius 1 is 1.12 bits per heavy atom. The van der Waals surface area contributed by atoms with Crippen molar-refractivity contribution in [3.8, 4) is 0 Å². The number of carbonyl (C=O) groups excluding carboxylic acids is 1. The number of pyridine rings is 1. The molecule has 0 aliphatic carbocycles. The van der Waals surface area contributed by atoms with Crippen molar-refractivity contribution in [1.29, 1.82) is 0 Å². The number of benzene rings is 1. The molecular formula is C20H25ClN2O2. The molecule has 0 aliphatic rings. The summed E-state index contributed by atoms with van der Waals surface area (Å²) in [4.78, 5) is 23.9. The molecule has 0 spiro atoms. The third kappa shape index (κ3) is 4.95. The molecule has 2 aromatic rings. The van der Waals surface area contributed by atoms with Crippen LogP contribution in [0.5, 0.6) is 0 Å². The lowest BCUT2D eigenvalue weighted by Gasteiger charge is -2.32. The second-order valence-electron chi connectivity index (χ2n) is 6.25. The molecular weight excluding hydrogens is 336 g/mol. The number of halogens is 1. The number of aryl methyl sites for hydroxylation is 1.